The Labute approximate surface area is 127 Å². The van der Waals surface area contributed by atoms with Gasteiger partial charge in [-0.25, -0.2) is 9.59 Å². The summed E-state index contributed by atoms with van der Waals surface area (Å²) < 4.78 is 5.09. The first-order valence-corrected chi connectivity index (χ1v) is 6.65. The fourth-order valence-electron chi connectivity index (χ4n) is 2.01. The third-order valence-corrected chi connectivity index (χ3v) is 3.06. The molecular formula is C16H15NO5. The van der Waals surface area contributed by atoms with Gasteiger partial charge in [0.2, 0.25) is 0 Å². The van der Waals surface area contributed by atoms with Gasteiger partial charge in [-0.15, -0.1) is 0 Å². The van der Waals surface area contributed by atoms with Crippen LogP contribution in [0.15, 0.2) is 42.5 Å². The maximum atomic E-state index is 11.8. The van der Waals surface area contributed by atoms with Gasteiger partial charge in [-0.1, -0.05) is 25.1 Å². The second-order valence-electron chi connectivity index (χ2n) is 4.47. The minimum Gasteiger partial charge on any atom is -0.507 e. The number of phenols is 1. The van der Waals surface area contributed by atoms with E-state index >= 15 is 0 Å². The van der Waals surface area contributed by atoms with E-state index in [4.69, 9.17) is 9.84 Å². The first-order chi connectivity index (χ1) is 10.5. The van der Waals surface area contributed by atoms with Gasteiger partial charge in [-0.3, -0.25) is 5.32 Å². The summed E-state index contributed by atoms with van der Waals surface area (Å²) >= 11 is 0. The number of carboxylic acids is 1. The first-order valence-electron chi connectivity index (χ1n) is 6.65. The van der Waals surface area contributed by atoms with Crippen LogP contribution in [-0.2, 0) is 6.42 Å². The Morgan fingerprint density at radius 2 is 1.82 bits per heavy atom. The highest BCUT2D eigenvalue weighted by molar-refractivity contribution is 5.94. The van der Waals surface area contributed by atoms with Crippen LogP contribution < -0.4 is 10.1 Å². The molecule has 0 saturated carbocycles. The normalized spacial score (nSPS) is 10.0. The molecule has 0 heterocycles. The maximum Gasteiger partial charge on any atom is 0.417 e. The Balaban J connectivity index is 2.20. The SMILES string of the molecule is CCc1c(NC(=O)Oc2ccccc2)ccc(C(=O)O)c1O. The van der Waals surface area contributed by atoms with Crippen LogP contribution in [0.3, 0.4) is 0 Å². The number of aromatic carboxylic acids is 1. The number of rotatable bonds is 4. The van der Waals surface area contributed by atoms with E-state index in [1.807, 2.05) is 0 Å². The molecule has 0 aliphatic rings. The van der Waals surface area contributed by atoms with Crippen LogP contribution in [-0.4, -0.2) is 22.3 Å². The van der Waals surface area contributed by atoms with Crippen molar-refractivity contribution in [3.63, 3.8) is 0 Å². The molecule has 0 aliphatic carbocycles. The van der Waals surface area contributed by atoms with Crippen LogP contribution in [0.4, 0.5) is 10.5 Å². The molecule has 2 aromatic carbocycles. The number of carbonyl (C=O) groups is 2. The smallest absolute Gasteiger partial charge is 0.417 e. The van der Waals surface area contributed by atoms with Gasteiger partial charge in [-0.05, 0) is 30.7 Å². The summed E-state index contributed by atoms with van der Waals surface area (Å²) in [6, 6.07) is 11.2. The minimum atomic E-state index is -1.23. The summed E-state index contributed by atoms with van der Waals surface area (Å²) in [4.78, 5) is 22.8. The molecule has 2 rings (SSSR count). The molecule has 0 aliphatic heterocycles. The van der Waals surface area contributed by atoms with Crippen molar-refractivity contribution in [2.45, 2.75) is 13.3 Å². The molecule has 6 heteroatoms. The number of para-hydroxylation sites is 1. The van der Waals surface area contributed by atoms with Crippen molar-refractivity contribution in [1.82, 2.24) is 0 Å². The fourth-order valence-corrected chi connectivity index (χ4v) is 2.01. The highest BCUT2D eigenvalue weighted by Crippen LogP contribution is 2.30. The van der Waals surface area contributed by atoms with Crippen molar-refractivity contribution in [3.8, 4) is 11.5 Å². The van der Waals surface area contributed by atoms with Gasteiger partial charge >= 0.3 is 12.1 Å². The van der Waals surface area contributed by atoms with Crippen LogP contribution in [0.5, 0.6) is 11.5 Å². The van der Waals surface area contributed by atoms with E-state index in [9.17, 15) is 14.7 Å². The highest BCUT2D eigenvalue weighted by atomic mass is 16.6. The lowest BCUT2D eigenvalue weighted by atomic mass is 10.0. The summed E-state index contributed by atoms with van der Waals surface area (Å²) in [5.41, 5.74) is 0.440. The average Bonchev–Trinajstić information content (AvgIpc) is 2.48. The lowest BCUT2D eigenvalue weighted by molar-refractivity contribution is 0.0693. The molecule has 0 bridgehead atoms. The number of ether oxygens (including phenoxy) is 1. The average molecular weight is 301 g/mol. The molecule has 6 nitrogen and oxygen atoms in total. The number of carboxylic acid groups (broad SMARTS) is 1. The van der Waals surface area contributed by atoms with Gasteiger partial charge in [0.05, 0.1) is 5.69 Å². The second kappa shape index (κ2) is 6.62. The first kappa shape index (κ1) is 15.4. The van der Waals surface area contributed by atoms with Gasteiger partial charge in [0.1, 0.15) is 17.1 Å². The Morgan fingerprint density at radius 3 is 2.41 bits per heavy atom. The van der Waals surface area contributed by atoms with E-state index in [-0.39, 0.29) is 11.3 Å². The molecule has 0 spiro atoms. The van der Waals surface area contributed by atoms with E-state index in [0.717, 1.165) is 0 Å². The second-order valence-corrected chi connectivity index (χ2v) is 4.47. The maximum absolute atomic E-state index is 11.8. The van der Waals surface area contributed by atoms with E-state index < -0.39 is 12.1 Å². The predicted octanol–water partition coefficient (Wildman–Crippen LogP) is 3.26. The van der Waals surface area contributed by atoms with Gasteiger partial charge in [0.25, 0.3) is 0 Å². The third kappa shape index (κ3) is 3.35. The summed E-state index contributed by atoms with van der Waals surface area (Å²) in [5, 5.41) is 21.5. The summed E-state index contributed by atoms with van der Waals surface area (Å²) in [6.07, 6.45) is -0.364. The number of benzene rings is 2. The van der Waals surface area contributed by atoms with E-state index in [0.29, 0.717) is 23.4 Å². The topological polar surface area (TPSA) is 95.9 Å². The van der Waals surface area contributed by atoms with Gasteiger partial charge in [0.15, 0.2) is 0 Å². The van der Waals surface area contributed by atoms with Crippen LogP contribution in [0, 0.1) is 0 Å². The van der Waals surface area contributed by atoms with E-state index in [1.165, 1.54) is 12.1 Å². The molecule has 22 heavy (non-hydrogen) atoms. The number of hydrogen-bond acceptors (Lipinski definition) is 4. The molecule has 0 aromatic heterocycles. The molecular weight excluding hydrogens is 286 g/mol. The molecule has 0 radical (unpaired) electrons. The predicted molar refractivity (Wildman–Crippen MR) is 80.5 cm³/mol. The fraction of sp³-hybridized carbons (Fsp3) is 0.125. The standard InChI is InChI=1S/C16H15NO5/c1-2-11-13(9-8-12(14(11)18)15(19)20)17-16(21)22-10-6-4-3-5-7-10/h3-9,18H,2H2,1H3,(H,17,21)(H,19,20). The molecule has 2 aromatic rings. The lowest BCUT2D eigenvalue weighted by Gasteiger charge is -2.13. The summed E-state index contributed by atoms with van der Waals surface area (Å²) in [5.74, 6) is -1.21. The van der Waals surface area contributed by atoms with Gasteiger partial charge in [0, 0.05) is 5.56 Å². The number of amides is 1. The van der Waals surface area contributed by atoms with Crippen molar-refractivity contribution >= 4 is 17.7 Å². The number of hydrogen-bond donors (Lipinski definition) is 3. The molecule has 114 valence electrons. The van der Waals surface area contributed by atoms with Crippen LogP contribution >= 0.6 is 0 Å². The zero-order valence-electron chi connectivity index (χ0n) is 11.9. The number of anilines is 1. The monoisotopic (exact) mass is 301 g/mol. The van der Waals surface area contributed by atoms with Crippen molar-refractivity contribution < 1.29 is 24.5 Å². The van der Waals surface area contributed by atoms with Crippen molar-refractivity contribution in [1.29, 1.82) is 0 Å². The van der Waals surface area contributed by atoms with Gasteiger partial charge in [-0.2, -0.15) is 0 Å². The van der Waals surface area contributed by atoms with E-state index in [2.05, 4.69) is 5.32 Å². The van der Waals surface area contributed by atoms with Crippen molar-refractivity contribution in [2.75, 3.05) is 5.32 Å². The summed E-state index contributed by atoms with van der Waals surface area (Å²) in [6.45, 7) is 1.74. The molecule has 0 fully saturated rings. The lowest BCUT2D eigenvalue weighted by Crippen LogP contribution is -2.18. The number of carbonyl (C=O) groups excluding carboxylic acids is 1. The molecule has 0 saturated heterocycles. The molecule has 3 N–H and O–H groups in total. The molecule has 1 amide bonds. The van der Waals surface area contributed by atoms with Crippen LogP contribution in [0.2, 0.25) is 0 Å². The summed E-state index contributed by atoms with van der Waals surface area (Å²) in [7, 11) is 0. The minimum absolute atomic E-state index is 0.209. The van der Waals surface area contributed by atoms with Crippen molar-refractivity contribution in [3.05, 3.63) is 53.6 Å². The Morgan fingerprint density at radius 1 is 1.14 bits per heavy atom. The zero-order chi connectivity index (χ0) is 16.1. The Hall–Kier alpha value is -3.02. The number of aromatic hydroxyl groups is 1. The highest BCUT2D eigenvalue weighted by Gasteiger charge is 2.17. The molecule has 0 unspecified atom stereocenters. The quantitative estimate of drug-likeness (QED) is 0.805. The zero-order valence-corrected chi connectivity index (χ0v) is 11.9. The number of nitrogens with one attached hydrogen (secondary N) is 1. The Kier molecular flexibility index (Phi) is 4.63. The third-order valence-electron chi connectivity index (χ3n) is 3.06. The molecule has 0 atom stereocenters. The van der Waals surface area contributed by atoms with Crippen LogP contribution in [0.25, 0.3) is 0 Å². The van der Waals surface area contributed by atoms with E-state index in [1.54, 1.807) is 37.3 Å². The van der Waals surface area contributed by atoms with Crippen molar-refractivity contribution in [2.24, 2.45) is 0 Å². The Bertz CT molecular complexity index is 697. The van der Waals surface area contributed by atoms with Gasteiger partial charge < -0.3 is 14.9 Å². The largest absolute Gasteiger partial charge is 0.507 e. The van der Waals surface area contributed by atoms with Crippen LogP contribution in [0.1, 0.15) is 22.8 Å².